The third-order valence-corrected chi connectivity index (χ3v) is 2.07. The number of phenolic OH excluding ortho intramolecular Hbond substituents is 1. The number of rotatable bonds is 2. The monoisotopic (exact) mass is 223 g/mol. The van der Waals surface area contributed by atoms with E-state index in [1.165, 1.54) is 6.07 Å². The second-order valence-corrected chi connectivity index (χ2v) is 4.72. The number of carbonyl (C=O) groups excluding carboxylic acids is 1. The van der Waals surface area contributed by atoms with Crippen LogP contribution in [0.5, 0.6) is 5.75 Å². The van der Waals surface area contributed by atoms with Crippen LogP contribution in [0.4, 0.5) is 5.69 Å². The number of nitrogen functional groups attached to an aromatic ring is 1. The van der Waals surface area contributed by atoms with Crippen LogP contribution >= 0.6 is 0 Å². The van der Waals surface area contributed by atoms with Crippen LogP contribution in [0.3, 0.4) is 0 Å². The van der Waals surface area contributed by atoms with E-state index in [1.54, 1.807) is 32.9 Å². The molecule has 0 bridgehead atoms. The Balaban J connectivity index is 2.62. The van der Waals surface area contributed by atoms with Gasteiger partial charge in [0, 0.05) is 0 Å². The zero-order valence-corrected chi connectivity index (χ0v) is 9.78. The lowest BCUT2D eigenvalue weighted by Gasteiger charge is -2.16. The van der Waals surface area contributed by atoms with Crippen molar-refractivity contribution in [1.82, 2.24) is 0 Å². The van der Waals surface area contributed by atoms with Crippen LogP contribution in [0, 0.1) is 5.41 Å². The van der Waals surface area contributed by atoms with E-state index in [2.05, 4.69) is 0 Å². The average molecular weight is 223 g/mol. The second kappa shape index (κ2) is 4.43. The molecule has 4 heteroatoms. The molecule has 0 saturated heterocycles. The minimum atomic E-state index is -0.511. The van der Waals surface area contributed by atoms with E-state index in [1.807, 2.05) is 0 Å². The van der Waals surface area contributed by atoms with Crippen molar-refractivity contribution in [3.8, 4) is 5.75 Å². The van der Waals surface area contributed by atoms with Gasteiger partial charge in [0.1, 0.15) is 12.4 Å². The van der Waals surface area contributed by atoms with E-state index in [9.17, 15) is 9.90 Å². The van der Waals surface area contributed by atoms with E-state index in [0.29, 0.717) is 0 Å². The molecule has 0 aliphatic rings. The highest BCUT2D eigenvalue weighted by Crippen LogP contribution is 2.22. The van der Waals surface area contributed by atoms with Crippen molar-refractivity contribution < 1.29 is 14.6 Å². The number of carbonyl (C=O) groups is 1. The quantitative estimate of drug-likeness (QED) is 0.457. The molecular weight excluding hydrogens is 206 g/mol. The number of aromatic hydroxyl groups is 1. The van der Waals surface area contributed by atoms with Crippen LogP contribution in [-0.4, -0.2) is 11.1 Å². The zero-order valence-electron chi connectivity index (χ0n) is 9.78. The topological polar surface area (TPSA) is 72.5 Å². The molecule has 0 amide bonds. The summed E-state index contributed by atoms with van der Waals surface area (Å²) in [6.07, 6.45) is 0. The first-order valence-corrected chi connectivity index (χ1v) is 5.05. The number of hydrogen-bond donors (Lipinski definition) is 2. The van der Waals surface area contributed by atoms with Crippen molar-refractivity contribution in [2.24, 2.45) is 5.41 Å². The number of benzene rings is 1. The van der Waals surface area contributed by atoms with Gasteiger partial charge in [0.2, 0.25) is 0 Å². The Morgan fingerprint density at radius 2 is 2.06 bits per heavy atom. The van der Waals surface area contributed by atoms with Gasteiger partial charge < -0.3 is 15.6 Å². The largest absolute Gasteiger partial charge is 0.506 e. The molecule has 0 unspecified atom stereocenters. The normalized spacial score (nSPS) is 11.2. The standard InChI is InChI=1S/C12H17NO3/c1-12(2,3)11(15)16-7-8-4-5-10(14)9(13)6-8/h4-6,14H,7,13H2,1-3H3. The smallest absolute Gasteiger partial charge is 0.311 e. The summed E-state index contributed by atoms with van der Waals surface area (Å²) in [6.45, 7) is 5.54. The molecule has 16 heavy (non-hydrogen) atoms. The van der Waals surface area contributed by atoms with Gasteiger partial charge in [-0.3, -0.25) is 4.79 Å². The fraction of sp³-hybridized carbons (Fsp3) is 0.417. The fourth-order valence-corrected chi connectivity index (χ4v) is 1.06. The van der Waals surface area contributed by atoms with Gasteiger partial charge in [-0.15, -0.1) is 0 Å². The van der Waals surface area contributed by atoms with E-state index >= 15 is 0 Å². The molecule has 3 N–H and O–H groups in total. The van der Waals surface area contributed by atoms with Crippen LogP contribution in [0.1, 0.15) is 26.3 Å². The maximum Gasteiger partial charge on any atom is 0.311 e. The van der Waals surface area contributed by atoms with Crippen LogP contribution in [0.2, 0.25) is 0 Å². The molecule has 1 aromatic carbocycles. The van der Waals surface area contributed by atoms with Gasteiger partial charge in [0.25, 0.3) is 0 Å². The van der Waals surface area contributed by atoms with Crippen LogP contribution in [0.15, 0.2) is 18.2 Å². The Morgan fingerprint density at radius 1 is 1.44 bits per heavy atom. The lowest BCUT2D eigenvalue weighted by atomic mass is 9.97. The molecule has 0 spiro atoms. The molecule has 0 heterocycles. The second-order valence-electron chi connectivity index (χ2n) is 4.72. The van der Waals surface area contributed by atoms with Crippen molar-refractivity contribution in [3.05, 3.63) is 23.8 Å². The highest BCUT2D eigenvalue weighted by Gasteiger charge is 2.22. The van der Waals surface area contributed by atoms with E-state index in [-0.39, 0.29) is 24.0 Å². The Bertz CT molecular complexity index is 394. The van der Waals surface area contributed by atoms with Gasteiger partial charge in [-0.1, -0.05) is 6.07 Å². The Kier molecular flexibility index (Phi) is 3.42. The highest BCUT2D eigenvalue weighted by molar-refractivity contribution is 5.75. The lowest BCUT2D eigenvalue weighted by molar-refractivity contribution is -0.154. The van der Waals surface area contributed by atoms with Crippen molar-refractivity contribution in [2.75, 3.05) is 5.73 Å². The van der Waals surface area contributed by atoms with Gasteiger partial charge in [0.15, 0.2) is 0 Å². The van der Waals surface area contributed by atoms with Crippen molar-refractivity contribution in [2.45, 2.75) is 27.4 Å². The third-order valence-electron chi connectivity index (χ3n) is 2.07. The lowest BCUT2D eigenvalue weighted by Crippen LogP contribution is -2.22. The molecule has 88 valence electrons. The summed E-state index contributed by atoms with van der Waals surface area (Å²) >= 11 is 0. The average Bonchev–Trinajstić information content (AvgIpc) is 2.18. The Labute approximate surface area is 95.0 Å². The summed E-state index contributed by atoms with van der Waals surface area (Å²) in [5, 5.41) is 9.22. The van der Waals surface area contributed by atoms with Gasteiger partial charge in [-0.2, -0.15) is 0 Å². The Hall–Kier alpha value is -1.71. The molecule has 1 aromatic rings. The van der Waals surface area contributed by atoms with E-state index in [4.69, 9.17) is 10.5 Å². The maximum absolute atomic E-state index is 11.5. The molecular formula is C12H17NO3. The first-order valence-electron chi connectivity index (χ1n) is 5.05. The van der Waals surface area contributed by atoms with Crippen molar-refractivity contribution in [1.29, 1.82) is 0 Å². The predicted octanol–water partition coefficient (Wildman–Crippen LogP) is 2.06. The van der Waals surface area contributed by atoms with Crippen LogP contribution in [0.25, 0.3) is 0 Å². The molecule has 0 aliphatic heterocycles. The molecule has 0 atom stereocenters. The summed E-state index contributed by atoms with van der Waals surface area (Å²) in [5.41, 5.74) is 6.05. The summed E-state index contributed by atoms with van der Waals surface area (Å²) in [4.78, 5) is 11.5. The van der Waals surface area contributed by atoms with E-state index < -0.39 is 5.41 Å². The number of ether oxygens (including phenoxy) is 1. The summed E-state index contributed by atoms with van der Waals surface area (Å²) in [5.74, 6) is -0.231. The summed E-state index contributed by atoms with van der Waals surface area (Å²) < 4.78 is 5.11. The minimum Gasteiger partial charge on any atom is -0.506 e. The molecule has 4 nitrogen and oxygen atoms in total. The van der Waals surface area contributed by atoms with E-state index in [0.717, 1.165) is 5.56 Å². The first kappa shape index (κ1) is 12.4. The van der Waals surface area contributed by atoms with Gasteiger partial charge in [-0.25, -0.2) is 0 Å². The van der Waals surface area contributed by atoms with Crippen molar-refractivity contribution >= 4 is 11.7 Å². The first-order chi connectivity index (χ1) is 7.30. The minimum absolute atomic E-state index is 0.0332. The van der Waals surface area contributed by atoms with Gasteiger partial charge in [0.05, 0.1) is 11.1 Å². The van der Waals surface area contributed by atoms with Gasteiger partial charge >= 0.3 is 5.97 Å². The predicted molar refractivity (Wildman–Crippen MR) is 61.8 cm³/mol. The number of phenols is 1. The van der Waals surface area contributed by atoms with Gasteiger partial charge in [-0.05, 0) is 38.5 Å². The molecule has 0 radical (unpaired) electrons. The SMILES string of the molecule is CC(C)(C)C(=O)OCc1ccc(O)c(N)c1. The van der Waals surface area contributed by atoms with Crippen molar-refractivity contribution in [3.63, 3.8) is 0 Å². The summed E-state index contributed by atoms with van der Waals surface area (Å²) in [7, 11) is 0. The molecule has 0 saturated carbocycles. The number of esters is 1. The molecule has 0 fully saturated rings. The molecule has 1 rings (SSSR count). The number of hydrogen-bond acceptors (Lipinski definition) is 4. The molecule has 0 aliphatic carbocycles. The van der Waals surface area contributed by atoms with Crippen LogP contribution < -0.4 is 5.73 Å². The zero-order chi connectivity index (χ0) is 12.3. The maximum atomic E-state index is 11.5. The third kappa shape index (κ3) is 3.15. The highest BCUT2D eigenvalue weighted by atomic mass is 16.5. The Morgan fingerprint density at radius 3 is 2.56 bits per heavy atom. The molecule has 0 aromatic heterocycles. The summed E-state index contributed by atoms with van der Waals surface area (Å²) in [6, 6.07) is 4.74. The number of anilines is 1. The van der Waals surface area contributed by atoms with Crippen LogP contribution in [-0.2, 0) is 16.1 Å². The number of nitrogens with two attached hydrogens (primary N) is 1. The fourth-order valence-electron chi connectivity index (χ4n) is 1.06.